The molecule has 8 nitrogen and oxygen atoms in total. The van der Waals surface area contributed by atoms with Crippen molar-refractivity contribution in [3.8, 4) is 0 Å². The number of hydrogen-bond acceptors (Lipinski definition) is 4. The third-order valence-corrected chi connectivity index (χ3v) is 2.67. The summed E-state index contributed by atoms with van der Waals surface area (Å²) in [5, 5.41) is 20.7. The molecule has 0 spiro atoms. The molecule has 0 radical (unpaired) electrons. The van der Waals surface area contributed by atoms with Crippen molar-refractivity contribution in [2.75, 3.05) is 0 Å². The molecule has 4 N–H and O–H groups in total. The maximum Gasteiger partial charge on any atom is 0.425 e. The zero-order valence-corrected chi connectivity index (χ0v) is 10.9. The fourth-order valence-corrected chi connectivity index (χ4v) is 1.73. The Labute approximate surface area is 118 Å². The van der Waals surface area contributed by atoms with Crippen LogP contribution in [-0.4, -0.2) is 32.0 Å². The van der Waals surface area contributed by atoms with Crippen LogP contribution in [0.2, 0.25) is 5.02 Å². The van der Waals surface area contributed by atoms with Gasteiger partial charge in [-0.25, -0.2) is 10.2 Å². The van der Waals surface area contributed by atoms with Gasteiger partial charge in [0.05, 0.1) is 12.4 Å². The molecule has 1 aromatic heterocycles. The molecule has 1 aromatic carbocycles. The number of nitrogens with one attached hydrogen (secondary N) is 1. The van der Waals surface area contributed by atoms with E-state index < -0.39 is 12.1 Å². The minimum atomic E-state index is -1.31. The molecule has 1 atom stereocenters. The standard InChI is InChI=1S/C11H11ClN6O2/c12-8-3-1-7(2-4-8)9(18-14-5-6-15-18)10(13)16-17-11(19)20/h1-6,9,17H,(H2,13,16)(H,19,20). The topological polar surface area (TPSA) is 118 Å². The van der Waals surface area contributed by atoms with Gasteiger partial charge in [-0.05, 0) is 17.7 Å². The van der Waals surface area contributed by atoms with Crippen molar-refractivity contribution < 1.29 is 9.90 Å². The van der Waals surface area contributed by atoms with Gasteiger partial charge >= 0.3 is 6.09 Å². The molecule has 2 rings (SSSR count). The molecule has 0 aliphatic heterocycles. The second-order valence-electron chi connectivity index (χ2n) is 3.76. The predicted molar refractivity (Wildman–Crippen MR) is 72.4 cm³/mol. The zero-order chi connectivity index (χ0) is 14.5. The molecule has 0 fully saturated rings. The number of halogens is 1. The highest BCUT2D eigenvalue weighted by Crippen LogP contribution is 2.19. The van der Waals surface area contributed by atoms with Crippen LogP contribution in [0.25, 0.3) is 0 Å². The van der Waals surface area contributed by atoms with E-state index in [-0.39, 0.29) is 5.84 Å². The first-order valence-corrected chi connectivity index (χ1v) is 5.89. The van der Waals surface area contributed by atoms with Gasteiger partial charge in [0.25, 0.3) is 0 Å². The molecule has 2 aromatic rings. The first-order chi connectivity index (χ1) is 9.58. The zero-order valence-electron chi connectivity index (χ0n) is 10.1. The fraction of sp³-hybridized carbons (Fsp3) is 0.0909. The van der Waals surface area contributed by atoms with Crippen molar-refractivity contribution in [2.45, 2.75) is 6.04 Å². The number of hydrogen-bond donors (Lipinski definition) is 3. The molecule has 0 saturated heterocycles. The van der Waals surface area contributed by atoms with Crippen LogP contribution in [0.4, 0.5) is 4.79 Å². The van der Waals surface area contributed by atoms with E-state index in [2.05, 4.69) is 15.3 Å². The molecule has 0 aliphatic rings. The summed E-state index contributed by atoms with van der Waals surface area (Å²) in [7, 11) is 0. The van der Waals surface area contributed by atoms with Crippen molar-refractivity contribution in [3.05, 3.63) is 47.2 Å². The Morgan fingerprint density at radius 1 is 1.35 bits per heavy atom. The Balaban J connectivity index is 2.37. The van der Waals surface area contributed by atoms with Gasteiger partial charge in [0.1, 0.15) is 0 Å². The summed E-state index contributed by atoms with van der Waals surface area (Å²) in [5.41, 5.74) is 8.39. The van der Waals surface area contributed by atoms with Crippen molar-refractivity contribution >= 4 is 23.5 Å². The number of nitrogens with two attached hydrogens (primary N) is 1. The maximum absolute atomic E-state index is 10.5. The molecule has 1 unspecified atom stereocenters. The number of carboxylic acid groups (broad SMARTS) is 1. The lowest BCUT2D eigenvalue weighted by molar-refractivity contribution is 0.195. The molecular weight excluding hydrogens is 284 g/mol. The van der Waals surface area contributed by atoms with E-state index in [9.17, 15) is 4.79 Å². The fourth-order valence-electron chi connectivity index (χ4n) is 1.60. The highest BCUT2D eigenvalue weighted by Gasteiger charge is 2.20. The molecule has 104 valence electrons. The minimum absolute atomic E-state index is 0.00548. The van der Waals surface area contributed by atoms with Crippen LogP contribution < -0.4 is 11.2 Å². The van der Waals surface area contributed by atoms with Gasteiger partial charge in [-0.1, -0.05) is 23.7 Å². The van der Waals surface area contributed by atoms with Gasteiger partial charge in [0, 0.05) is 5.02 Å². The van der Waals surface area contributed by atoms with Gasteiger partial charge < -0.3 is 10.8 Å². The molecule has 0 aliphatic carbocycles. The van der Waals surface area contributed by atoms with E-state index in [0.29, 0.717) is 5.02 Å². The smallest absolute Gasteiger partial charge is 0.425 e. The number of nitrogens with zero attached hydrogens (tertiary/aromatic N) is 4. The Morgan fingerprint density at radius 2 is 1.95 bits per heavy atom. The van der Waals surface area contributed by atoms with Crippen molar-refractivity contribution in [3.63, 3.8) is 0 Å². The Hall–Kier alpha value is -2.61. The summed E-state index contributed by atoms with van der Waals surface area (Å²) < 4.78 is 0. The molecular formula is C11H11ClN6O2. The lowest BCUT2D eigenvalue weighted by Gasteiger charge is -2.16. The second kappa shape index (κ2) is 6.02. The highest BCUT2D eigenvalue weighted by molar-refractivity contribution is 6.30. The molecule has 20 heavy (non-hydrogen) atoms. The molecule has 9 heteroatoms. The maximum atomic E-state index is 10.5. The first-order valence-electron chi connectivity index (χ1n) is 5.51. The number of amides is 1. The molecule has 1 amide bonds. The van der Waals surface area contributed by atoms with Crippen LogP contribution in [0.15, 0.2) is 41.8 Å². The van der Waals surface area contributed by atoms with Crippen LogP contribution in [0.3, 0.4) is 0 Å². The SMILES string of the molecule is NC(=NNC(=O)O)C(c1ccc(Cl)cc1)n1nccn1. The highest BCUT2D eigenvalue weighted by atomic mass is 35.5. The van der Waals surface area contributed by atoms with Crippen molar-refractivity contribution in [1.82, 2.24) is 20.4 Å². The number of rotatable bonds is 4. The summed E-state index contributed by atoms with van der Waals surface area (Å²) in [4.78, 5) is 11.8. The van der Waals surface area contributed by atoms with E-state index in [0.717, 1.165) is 5.56 Å². The summed E-state index contributed by atoms with van der Waals surface area (Å²) >= 11 is 5.83. The van der Waals surface area contributed by atoms with Gasteiger partial charge in [-0.2, -0.15) is 20.1 Å². The lowest BCUT2D eigenvalue weighted by atomic mass is 10.1. The third-order valence-electron chi connectivity index (χ3n) is 2.41. The van der Waals surface area contributed by atoms with Crippen LogP contribution in [0.5, 0.6) is 0 Å². The van der Waals surface area contributed by atoms with E-state index >= 15 is 0 Å². The number of carbonyl (C=O) groups is 1. The van der Waals surface area contributed by atoms with Crippen LogP contribution in [0, 0.1) is 0 Å². The number of hydrazone groups is 1. The van der Waals surface area contributed by atoms with E-state index in [1.165, 1.54) is 17.2 Å². The lowest BCUT2D eigenvalue weighted by Crippen LogP contribution is -2.32. The Morgan fingerprint density at radius 3 is 2.50 bits per heavy atom. The minimum Gasteiger partial charge on any atom is -0.464 e. The number of benzene rings is 1. The van der Waals surface area contributed by atoms with Crippen LogP contribution in [-0.2, 0) is 0 Å². The van der Waals surface area contributed by atoms with Gasteiger partial charge in [0.2, 0.25) is 0 Å². The summed E-state index contributed by atoms with van der Waals surface area (Å²) in [5.74, 6) is 0.00548. The quantitative estimate of drug-likeness (QED) is 0.442. The Bertz CT molecular complexity index is 610. The largest absolute Gasteiger partial charge is 0.464 e. The van der Waals surface area contributed by atoms with Crippen molar-refractivity contribution in [2.24, 2.45) is 10.8 Å². The third kappa shape index (κ3) is 3.23. The van der Waals surface area contributed by atoms with Gasteiger partial charge in [-0.15, -0.1) is 0 Å². The number of amidine groups is 1. The van der Waals surface area contributed by atoms with Gasteiger partial charge in [-0.3, -0.25) is 0 Å². The average Bonchev–Trinajstić information content (AvgIpc) is 2.93. The average molecular weight is 295 g/mol. The van der Waals surface area contributed by atoms with Crippen LogP contribution >= 0.6 is 11.6 Å². The number of aromatic nitrogens is 3. The normalized spacial score (nSPS) is 12.9. The van der Waals surface area contributed by atoms with Gasteiger partial charge in [0.15, 0.2) is 11.9 Å². The van der Waals surface area contributed by atoms with E-state index in [4.69, 9.17) is 22.4 Å². The monoisotopic (exact) mass is 294 g/mol. The van der Waals surface area contributed by atoms with Crippen molar-refractivity contribution in [1.29, 1.82) is 0 Å². The van der Waals surface area contributed by atoms with Crippen LogP contribution in [0.1, 0.15) is 11.6 Å². The Kier molecular flexibility index (Phi) is 4.16. The molecule has 0 saturated carbocycles. The summed E-state index contributed by atoms with van der Waals surface area (Å²) in [6.45, 7) is 0. The summed E-state index contributed by atoms with van der Waals surface area (Å²) in [6, 6.07) is 6.21. The first kappa shape index (κ1) is 13.8. The van der Waals surface area contributed by atoms with E-state index in [1.807, 2.05) is 5.43 Å². The predicted octanol–water partition coefficient (Wildman–Crippen LogP) is 1.06. The van der Waals surface area contributed by atoms with E-state index in [1.54, 1.807) is 24.3 Å². The second-order valence-corrected chi connectivity index (χ2v) is 4.19. The summed E-state index contributed by atoms with van der Waals surface area (Å²) in [6.07, 6.45) is 1.66. The molecule has 0 bridgehead atoms. The molecule has 1 heterocycles.